The minimum atomic E-state index is -1.28. The minimum absolute atomic E-state index is 0.0500. The van der Waals surface area contributed by atoms with Crippen LogP contribution in [0.15, 0.2) is 18.2 Å². The standard InChI is InChI=1S/C9H10N4O4/c10-12-7(14)4-1-5(8(15)13-11)3-6(2-4)9(16)17/h1-3H,10-11H2,(H,12,14)(H,13,15)(H,16,17). The zero-order valence-electron chi connectivity index (χ0n) is 8.56. The van der Waals surface area contributed by atoms with Gasteiger partial charge in [-0.2, -0.15) is 0 Å². The Labute approximate surface area is 95.5 Å². The summed E-state index contributed by atoms with van der Waals surface area (Å²) in [6.45, 7) is 0. The fourth-order valence-corrected chi connectivity index (χ4v) is 1.18. The Balaban J connectivity index is 3.33. The van der Waals surface area contributed by atoms with Crippen LogP contribution in [0.3, 0.4) is 0 Å². The van der Waals surface area contributed by atoms with Crippen LogP contribution in [0.2, 0.25) is 0 Å². The lowest BCUT2D eigenvalue weighted by atomic mass is 10.0. The summed E-state index contributed by atoms with van der Waals surface area (Å²) in [6.07, 6.45) is 0. The molecule has 90 valence electrons. The van der Waals surface area contributed by atoms with E-state index in [9.17, 15) is 14.4 Å². The molecule has 1 rings (SSSR count). The van der Waals surface area contributed by atoms with E-state index in [4.69, 9.17) is 16.8 Å². The number of nitrogen functional groups attached to an aromatic ring is 2. The number of aromatic carboxylic acids is 1. The number of carbonyl (C=O) groups is 3. The molecule has 0 bridgehead atoms. The van der Waals surface area contributed by atoms with Gasteiger partial charge in [0.05, 0.1) is 5.56 Å². The van der Waals surface area contributed by atoms with E-state index in [1.807, 2.05) is 10.9 Å². The van der Waals surface area contributed by atoms with E-state index in [1.165, 1.54) is 6.07 Å². The molecule has 0 aliphatic heterocycles. The molecular formula is C9H10N4O4. The first-order valence-corrected chi connectivity index (χ1v) is 4.40. The number of amides is 2. The third-order valence-corrected chi connectivity index (χ3v) is 1.97. The Morgan fingerprint density at radius 1 is 0.882 bits per heavy atom. The molecule has 0 unspecified atom stereocenters. The molecule has 0 spiro atoms. The van der Waals surface area contributed by atoms with Crippen LogP contribution in [-0.2, 0) is 0 Å². The van der Waals surface area contributed by atoms with Crippen molar-refractivity contribution in [3.8, 4) is 0 Å². The van der Waals surface area contributed by atoms with Gasteiger partial charge in [-0.05, 0) is 18.2 Å². The Morgan fingerprint density at radius 2 is 1.24 bits per heavy atom. The molecule has 1 aromatic carbocycles. The summed E-state index contributed by atoms with van der Waals surface area (Å²) in [5.41, 5.74) is 3.36. The molecule has 2 amide bonds. The van der Waals surface area contributed by atoms with Crippen LogP contribution in [0, 0.1) is 0 Å². The first kappa shape index (κ1) is 12.6. The quantitative estimate of drug-likeness (QED) is 0.248. The second kappa shape index (κ2) is 5.05. The van der Waals surface area contributed by atoms with Crippen molar-refractivity contribution in [3.05, 3.63) is 34.9 Å². The molecule has 0 aliphatic rings. The van der Waals surface area contributed by atoms with Gasteiger partial charge < -0.3 is 5.11 Å². The van der Waals surface area contributed by atoms with E-state index in [1.54, 1.807) is 0 Å². The highest BCUT2D eigenvalue weighted by Crippen LogP contribution is 2.10. The van der Waals surface area contributed by atoms with Gasteiger partial charge in [-0.25, -0.2) is 16.5 Å². The summed E-state index contributed by atoms with van der Waals surface area (Å²) in [7, 11) is 0. The fraction of sp³-hybridized carbons (Fsp3) is 0. The molecule has 8 heteroatoms. The predicted molar refractivity (Wildman–Crippen MR) is 56.7 cm³/mol. The van der Waals surface area contributed by atoms with Gasteiger partial charge in [0.2, 0.25) is 0 Å². The van der Waals surface area contributed by atoms with E-state index in [0.717, 1.165) is 12.1 Å². The first-order valence-electron chi connectivity index (χ1n) is 4.40. The maximum atomic E-state index is 11.3. The van der Waals surface area contributed by atoms with Crippen LogP contribution in [0.5, 0.6) is 0 Å². The highest BCUT2D eigenvalue weighted by atomic mass is 16.4. The maximum Gasteiger partial charge on any atom is 0.335 e. The Bertz CT molecular complexity index is 452. The number of hydrazine groups is 2. The average molecular weight is 238 g/mol. The van der Waals surface area contributed by atoms with Gasteiger partial charge in [-0.1, -0.05) is 0 Å². The van der Waals surface area contributed by atoms with E-state index in [0.29, 0.717) is 0 Å². The lowest BCUT2D eigenvalue weighted by molar-refractivity contribution is 0.0697. The summed E-state index contributed by atoms with van der Waals surface area (Å²) in [5, 5.41) is 8.82. The molecular weight excluding hydrogens is 228 g/mol. The van der Waals surface area contributed by atoms with Gasteiger partial charge in [0.15, 0.2) is 0 Å². The Kier molecular flexibility index (Phi) is 3.75. The summed E-state index contributed by atoms with van der Waals surface area (Å²) < 4.78 is 0. The zero-order valence-corrected chi connectivity index (χ0v) is 8.56. The molecule has 1 aromatic rings. The van der Waals surface area contributed by atoms with Crippen molar-refractivity contribution in [1.82, 2.24) is 10.9 Å². The average Bonchev–Trinajstić information content (AvgIpc) is 2.36. The molecule has 0 aliphatic carbocycles. The number of benzene rings is 1. The van der Waals surface area contributed by atoms with Crippen LogP contribution in [0.1, 0.15) is 31.1 Å². The second-order valence-corrected chi connectivity index (χ2v) is 3.05. The van der Waals surface area contributed by atoms with Crippen molar-refractivity contribution in [3.63, 3.8) is 0 Å². The largest absolute Gasteiger partial charge is 0.478 e. The number of carboxylic acids is 1. The molecule has 0 heterocycles. The monoisotopic (exact) mass is 238 g/mol. The molecule has 17 heavy (non-hydrogen) atoms. The van der Waals surface area contributed by atoms with Crippen molar-refractivity contribution >= 4 is 17.8 Å². The lowest BCUT2D eigenvalue weighted by Gasteiger charge is -2.05. The van der Waals surface area contributed by atoms with Gasteiger partial charge in [-0.15, -0.1) is 0 Å². The summed E-state index contributed by atoms with van der Waals surface area (Å²) in [6, 6.07) is 3.37. The van der Waals surface area contributed by atoms with E-state index < -0.39 is 17.8 Å². The molecule has 0 fully saturated rings. The first-order chi connectivity index (χ1) is 7.99. The van der Waals surface area contributed by atoms with Gasteiger partial charge in [-0.3, -0.25) is 20.4 Å². The van der Waals surface area contributed by atoms with Crippen molar-refractivity contribution in [2.45, 2.75) is 0 Å². The second-order valence-electron chi connectivity index (χ2n) is 3.05. The minimum Gasteiger partial charge on any atom is -0.478 e. The van der Waals surface area contributed by atoms with Crippen molar-refractivity contribution < 1.29 is 19.5 Å². The summed E-state index contributed by atoms with van der Waals surface area (Å²) >= 11 is 0. The SMILES string of the molecule is NNC(=O)c1cc(C(=O)O)cc(C(=O)NN)c1. The van der Waals surface area contributed by atoms with Gasteiger partial charge >= 0.3 is 5.97 Å². The van der Waals surface area contributed by atoms with Crippen LogP contribution >= 0.6 is 0 Å². The van der Waals surface area contributed by atoms with Crippen molar-refractivity contribution in [1.29, 1.82) is 0 Å². The van der Waals surface area contributed by atoms with Gasteiger partial charge in [0.1, 0.15) is 0 Å². The summed E-state index contributed by atoms with van der Waals surface area (Å²) in [4.78, 5) is 33.3. The molecule has 0 atom stereocenters. The molecule has 0 radical (unpaired) electrons. The molecule has 0 saturated heterocycles. The normalized spacial score (nSPS) is 9.53. The van der Waals surface area contributed by atoms with Gasteiger partial charge in [0.25, 0.3) is 11.8 Å². The van der Waals surface area contributed by atoms with E-state index in [2.05, 4.69) is 0 Å². The lowest BCUT2D eigenvalue weighted by Crippen LogP contribution is -2.32. The fourth-order valence-electron chi connectivity index (χ4n) is 1.18. The van der Waals surface area contributed by atoms with Crippen LogP contribution in [-0.4, -0.2) is 22.9 Å². The maximum absolute atomic E-state index is 11.3. The number of hydrogen-bond donors (Lipinski definition) is 5. The highest BCUT2D eigenvalue weighted by Gasteiger charge is 2.14. The molecule has 0 aromatic heterocycles. The van der Waals surface area contributed by atoms with Crippen molar-refractivity contribution in [2.24, 2.45) is 11.7 Å². The van der Waals surface area contributed by atoms with Crippen LogP contribution in [0.25, 0.3) is 0 Å². The van der Waals surface area contributed by atoms with Crippen molar-refractivity contribution in [2.75, 3.05) is 0 Å². The highest BCUT2D eigenvalue weighted by molar-refractivity contribution is 6.02. The van der Waals surface area contributed by atoms with Crippen LogP contribution in [0.4, 0.5) is 0 Å². The van der Waals surface area contributed by atoms with Gasteiger partial charge in [0, 0.05) is 11.1 Å². The number of nitrogens with one attached hydrogen (secondary N) is 2. The topological polar surface area (TPSA) is 148 Å². The molecule has 8 nitrogen and oxygen atoms in total. The zero-order chi connectivity index (χ0) is 13.0. The predicted octanol–water partition coefficient (Wildman–Crippen LogP) is -1.41. The Morgan fingerprint density at radius 3 is 1.53 bits per heavy atom. The number of carboxylic acid groups (broad SMARTS) is 1. The number of rotatable bonds is 3. The third kappa shape index (κ3) is 2.77. The number of hydrogen-bond acceptors (Lipinski definition) is 5. The Hall–Kier alpha value is -2.45. The third-order valence-electron chi connectivity index (χ3n) is 1.97. The number of nitrogens with two attached hydrogens (primary N) is 2. The van der Waals surface area contributed by atoms with Crippen LogP contribution < -0.4 is 22.5 Å². The molecule has 7 N–H and O–H groups in total. The smallest absolute Gasteiger partial charge is 0.335 e. The van der Waals surface area contributed by atoms with E-state index >= 15 is 0 Å². The summed E-state index contributed by atoms with van der Waals surface area (Å²) in [5.74, 6) is 7.14. The van der Waals surface area contributed by atoms with E-state index in [-0.39, 0.29) is 16.7 Å². The number of carbonyl (C=O) groups excluding carboxylic acids is 2. The molecule has 0 saturated carbocycles.